The molecule has 1 aromatic carbocycles. The Bertz CT molecular complexity index is 1570. The Morgan fingerprint density at radius 2 is 1.82 bits per heavy atom. The summed E-state index contributed by atoms with van der Waals surface area (Å²) in [4.78, 5) is 29.7. The topological polar surface area (TPSA) is 126 Å². The van der Waals surface area contributed by atoms with E-state index in [4.69, 9.17) is 11.6 Å². The molecule has 34 heavy (non-hydrogen) atoms. The number of hydrogen-bond donors (Lipinski definition) is 1. The lowest BCUT2D eigenvalue weighted by molar-refractivity contribution is 0.0697. The first-order chi connectivity index (χ1) is 16.3. The molecule has 11 nitrogen and oxygen atoms in total. The number of sulfonamides is 1. The molecule has 1 aliphatic rings. The fraction of sp³-hybridized carbons (Fsp3) is 0.238. The average Bonchev–Trinajstić information content (AvgIpc) is 3.45. The predicted octanol–water partition coefficient (Wildman–Crippen LogP) is 1.32. The predicted molar refractivity (Wildman–Crippen MR) is 124 cm³/mol. The Balaban J connectivity index is 1.34. The monoisotopic (exact) mass is 501 g/mol. The van der Waals surface area contributed by atoms with Crippen LogP contribution < -0.4 is 5.56 Å². The van der Waals surface area contributed by atoms with Crippen molar-refractivity contribution in [3.8, 4) is 5.95 Å². The molecule has 0 radical (unpaired) electrons. The number of nitrogens with one attached hydrogen (secondary N) is 1. The Kier molecular flexibility index (Phi) is 5.50. The molecule has 1 fully saturated rings. The van der Waals surface area contributed by atoms with Crippen molar-refractivity contribution in [2.75, 3.05) is 26.2 Å². The Morgan fingerprint density at radius 1 is 1.09 bits per heavy atom. The fourth-order valence-electron chi connectivity index (χ4n) is 3.96. The van der Waals surface area contributed by atoms with Crippen LogP contribution in [0.15, 0.2) is 58.5 Å². The van der Waals surface area contributed by atoms with Crippen molar-refractivity contribution < 1.29 is 13.2 Å². The third kappa shape index (κ3) is 3.69. The highest BCUT2D eigenvalue weighted by Crippen LogP contribution is 2.25. The second-order valence-corrected chi connectivity index (χ2v) is 10.1. The minimum absolute atomic E-state index is 0.0507. The first kappa shape index (κ1) is 22.3. The van der Waals surface area contributed by atoms with Gasteiger partial charge in [0.05, 0.1) is 22.5 Å². The highest BCUT2D eigenvalue weighted by Gasteiger charge is 2.32. The van der Waals surface area contributed by atoms with Crippen LogP contribution in [0.5, 0.6) is 0 Å². The normalized spacial score (nSPS) is 15.2. The van der Waals surface area contributed by atoms with Gasteiger partial charge in [-0.25, -0.2) is 17.6 Å². The van der Waals surface area contributed by atoms with Crippen LogP contribution in [0.3, 0.4) is 0 Å². The lowest BCUT2D eigenvalue weighted by Crippen LogP contribution is -2.50. The van der Waals surface area contributed by atoms with Gasteiger partial charge in [-0.15, -0.1) is 5.10 Å². The highest BCUT2D eigenvalue weighted by atomic mass is 35.5. The molecule has 0 unspecified atom stereocenters. The van der Waals surface area contributed by atoms with Crippen LogP contribution in [0.25, 0.3) is 11.5 Å². The molecule has 13 heteroatoms. The largest absolute Gasteiger partial charge is 0.336 e. The third-order valence-corrected chi connectivity index (χ3v) is 8.21. The van der Waals surface area contributed by atoms with E-state index in [9.17, 15) is 18.0 Å². The molecule has 1 amide bonds. The summed E-state index contributed by atoms with van der Waals surface area (Å²) >= 11 is 6.08. The van der Waals surface area contributed by atoms with Crippen LogP contribution in [-0.2, 0) is 10.0 Å². The quantitative estimate of drug-likeness (QED) is 0.449. The number of amides is 1. The molecule has 1 aliphatic heterocycles. The number of carbonyl (C=O) groups excluding carboxylic acids is 1. The molecule has 0 spiro atoms. The Hall–Kier alpha value is -3.48. The SMILES string of the molecule is Cc1c(C(=O)N2CCN(S(=O)(=O)c3ccccc3Cl)CC2)cnn1-c1nn2cccc2c(=O)[nH]1. The zero-order valence-electron chi connectivity index (χ0n) is 18.0. The number of aromatic nitrogens is 5. The van der Waals surface area contributed by atoms with Crippen molar-refractivity contribution in [1.82, 2.24) is 33.6 Å². The van der Waals surface area contributed by atoms with Gasteiger partial charge in [-0.1, -0.05) is 23.7 Å². The number of H-pyrrole nitrogens is 1. The van der Waals surface area contributed by atoms with Crippen LogP contribution in [0, 0.1) is 6.92 Å². The molecule has 0 saturated carbocycles. The van der Waals surface area contributed by atoms with Gasteiger partial charge in [0.1, 0.15) is 10.4 Å². The zero-order chi connectivity index (χ0) is 24.0. The summed E-state index contributed by atoms with van der Waals surface area (Å²) < 4.78 is 30.1. The summed E-state index contributed by atoms with van der Waals surface area (Å²) in [5.74, 6) is -0.0937. The molecular formula is C21H20ClN7O4S. The fourth-order valence-corrected chi connectivity index (χ4v) is 5.87. The van der Waals surface area contributed by atoms with Crippen LogP contribution in [0.2, 0.25) is 5.02 Å². The van der Waals surface area contributed by atoms with Crippen molar-refractivity contribution in [2.24, 2.45) is 0 Å². The van der Waals surface area contributed by atoms with Crippen LogP contribution in [0.1, 0.15) is 16.1 Å². The lowest BCUT2D eigenvalue weighted by Gasteiger charge is -2.34. The maximum atomic E-state index is 13.2. The van der Waals surface area contributed by atoms with Gasteiger partial charge in [-0.05, 0) is 31.2 Å². The molecule has 0 bridgehead atoms. The number of rotatable bonds is 4. The van der Waals surface area contributed by atoms with Gasteiger partial charge < -0.3 is 4.90 Å². The van der Waals surface area contributed by atoms with Gasteiger partial charge in [0.25, 0.3) is 11.5 Å². The summed E-state index contributed by atoms with van der Waals surface area (Å²) in [5.41, 5.74) is 0.923. The average molecular weight is 502 g/mol. The van der Waals surface area contributed by atoms with Crippen molar-refractivity contribution >= 4 is 33.0 Å². The summed E-state index contributed by atoms with van der Waals surface area (Å²) in [6.07, 6.45) is 3.07. The van der Waals surface area contributed by atoms with E-state index in [1.807, 2.05) is 0 Å². The molecule has 4 heterocycles. The number of hydrogen-bond acceptors (Lipinski definition) is 6. The van der Waals surface area contributed by atoms with Crippen molar-refractivity contribution in [2.45, 2.75) is 11.8 Å². The molecule has 0 atom stereocenters. The van der Waals surface area contributed by atoms with Gasteiger partial charge in [-0.2, -0.15) is 9.40 Å². The standard InChI is InChI=1S/C21H20ClN7O4S/c1-14-15(13-23-29(14)21-24-19(30)17-6-4-8-28(17)25-21)20(31)26-9-11-27(12-10-26)34(32,33)18-7-3-2-5-16(18)22/h2-8,13H,9-12H2,1H3,(H,24,25,30). The number of piperazine rings is 1. The summed E-state index contributed by atoms with van der Waals surface area (Å²) in [6.45, 7) is 2.44. The van der Waals surface area contributed by atoms with E-state index in [1.54, 1.807) is 42.3 Å². The van der Waals surface area contributed by atoms with E-state index in [2.05, 4.69) is 15.2 Å². The zero-order valence-corrected chi connectivity index (χ0v) is 19.6. The molecular weight excluding hydrogens is 482 g/mol. The summed E-state index contributed by atoms with van der Waals surface area (Å²) in [6, 6.07) is 9.64. The molecule has 4 aromatic rings. The highest BCUT2D eigenvalue weighted by molar-refractivity contribution is 7.89. The number of aromatic amines is 1. The van der Waals surface area contributed by atoms with Gasteiger partial charge in [-0.3, -0.25) is 14.6 Å². The summed E-state index contributed by atoms with van der Waals surface area (Å²) in [7, 11) is -3.76. The smallest absolute Gasteiger partial charge is 0.276 e. The minimum Gasteiger partial charge on any atom is -0.336 e. The second kappa shape index (κ2) is 8.38. The maximum absolute atomic E-state index is 13.2. The van der Waals surface area contributed by atoms with E-state index < -0.39 is 10.0 Å². The van der Waals surface area contributed by atoms with Crippen molar-refractivity contribution in [1.29, 1.82) is 0 Å². The van der Waals surface area contributed by atoms with Gasteiger partial charge in [0, 0.05) is 32.4 Å². The van der Waals surface area contributed by atoms with Crippen molar-refractivity contribution in [3.05, 3.63) is 75.4 Å². The van der Waals surface area contributed by atoms with Crippen LogP contribution in [-0.4, -0.2) is 74.1 Å². The van der Waals surface area contributed by atoms with E-state index in [-0.39, 0.29) is 53.5 Å². The summed E-state index contributed by atoms with van der Waals surface area (Å²) in [5, 5.41) is 8.74. The first-order valence-corrected chi connectivity index (χ1v) is 12.3. The van der Waals surface area contributed by atoms with Crippen LogP contribution >= 0.6 is 11.6 Å². The number of carbonyl (C=O) groups is 1. The number of nitrogens with zero attached hydrogens (tertiary/aromatic N) is 6. The lowest BCUT2D eigenvalue weighted by atomic mass is 10.2. The third-order valence-electron chi connectivity index (χ3n) is 5.81. The first-order valence-electron chi connectivity index (χ1n) is 10.4. The molecule has 3 aromatic heterocycles. The Morgan fingerprint density at radius 3 is 2.56 bits per heavy atom. The van der Waals surface area contributed by atoms with Crippen molar-refractivity contribution in [3.63, 3.8) is 0 Å². The van der Waals surface area contributed by atoms with E-state index >= 15 is 0 Å². The molecule has 0 aliphatic carbocycles. The number of halogens is 1. The van der Waals surface area contributed by atoms with Gasteiger partial charge in [0.15, 0.2) is 0 Å². The number of benzene rings is 1. The van der Waals surface area contributed by atoms with Gasteiger partial charge in [0.2, 0.25) is 16.0 Å². The molecule has 5 rings (SSSR count). The van der Waals surface area contributed by atoms with Gasteiger partial charge >= 0.3 is 0 Å². The van der Waals surface area contributed by atoms with E-state index in [0.29, 0.717) is 16.8 Å². The Labute approximate surface area is 199 Å². The minimum atomic E-state index is -3.76. The number of fused-ring (bicyclic) bond motifs is 1. The maximum Gasteiger partial charge on any atom is 0.276 e. The molecule has 176 valence electrons. The van der Waals surface area contributed by atoms with E-state index in [0.717, 1.165) is 0 Å². The molecule has 1 N–H and O–H groups in total. The second-order valence-electron chi connectivity index (χ2n) is 7.80. The van der Waals surface area contributed by atoms with E-state index in [1.165, 1.54) is 31.8 Å². The molecule has 1 saturated heterocycles. The van der Waals surface area contributed by atoms with Crippen LogP contribution in [0.4, 0.5) is 0 Å².